The van der Waals surface area contributed by atoms with Gasteiger partial charge in [0.1, 0.15) is 11.5 Å². The van der Waals surface area contributed by atoms with Crippen molar-refractivity contribution >= 4 is 17.3 Å². The Bertz CT molecular complexity index is 561. The lowest BCUT2D eigenvalue weighted by molar-refractivity contribution is -0.384. The van der Waals surface area contributed by atoms with Crippen LogP contribution in [0.3, 0.4) is 0 Å². The molecule has 0 atom stereocenters. The van der Waals surface area contributed by atoms with E-state index in [9.17, 15) is 10.1 Å². The molecule has 0 bridgehead atoms. The molecule has 0 spiro atoms. The molecule has 0 saturated heterocycles. The molecular formula is C13H10ClNO3. The Balaban J connectivity index is 2.26. The minimum Gasteiger partial charge on any atom is -0.456 e. The average molecular weight is 264 g/mol. The number of nitro benzene ring substituents is 1. The first-order valence-corrected chi connectivity index (χ1v) is 5.63. The second kappa shape index (κ2) is 5.06. The smallest absolute Gasteiger partial charge is 0.269 e. The Labute approximate surface area is 109 Å². The van der Waals surface area contributed by atoms with E-state index < -0.39 is 4.92 Å². The van der Waals surface area contributed by atoms with E-state index >= 15 is 0 Å². The summed E-state index contributed by atoms with van der Waals surface area (Å²) in [4.78, 5) is 10.1. The molecule has 0 fully saturated rings. The molecular weight excluding hydrogens is 254 g/mol. The van der Waals surface area contributed by atoms with E-state index in [4.69, 9.17) is 16.3 Å². The number of nitrogens with zero attached hydrogens (tertiary/aromatic N) is 1. The highest BCUT2D eigenvalue weighted by atomic mass is 35.5. The van der Waals surface area contributed by atoms with Crippen LogP contribution < -0.4 is 4.74 Å². The Morgan fingerprint density at radius 2 is 1.83 bits per heavy atom. The highest BCUT2D eigenvalue weighted by molar-refractivity contribution is 6.32. The van der Waals surface area contributed by atoms with Crippen molar-refractivity contribution in [2.45, 2.75) is 6.92 Å². The molecule has 0 unspecified atom stereocenters. The molecule has 0 radical (unpaired) electrons. The van der Waals surface area contributed by atoms with Gasteiger partial charge in [0.05, 0.1) is 9.95 Å². The lowest BCUT2D eigenvalue weighted by Crippen LogP contribution is -1.90. The number of non-ortho nitro benzene ring substituents is 1. The summed E-state index contributed by atoms with van der Waals surface area (Å²) in [7, 11) is 0. The van der Waals surface area contributed by atoms with Crippen molar-refractivity contribution in [2.75, 3.05) is 0 Å². The van der Waals surface area contributed by atoms with Crippen molar-refractivity contribution in [3.05, 3.63) is 63.2 Å². The number of rotatable bonds is 3. The molecule has 0 aliphatic heterocycles. The summed E-state index contributed by atoms with van der Waals surface area (Å²) in [6.45, 7) is 1.88. The molecule has 4 nitrogen and oxygen atoms in total. The van der Waals surface area contributed by atoms with E-state index in [-0.39, 0.29) is 5.69 Å². The fraction of sp³-hybridized carbons (Fsp3) is 0.0769. The van der Waals surface area contributed by atoms with Crippen LogP contribution in [0.25, 0.3) is 0 Å². The van der Waals surface area contributed by atoms with Crippen molar-refractivity contribution < 1.29 is 9.66 Å². The number of hydrogen-bond acceptors (Lipinski definition) is 3. The van der Waals surface area contributed by atoms with Gasteiger partial charge in [0, 0.05) is 12.1 Å². The van der Waals surface area contributed by atoms with Crippen LogP contribution in [0.5, 0.6) is 11.5 Å². The Hall–Kier alpha value is -2.07. The fourth-order valence-corrected chi connectivity index (χ4v) is 1.76. The molecule has 18 heavy (non-hydrogen) atoms. The highest BCUT2D eigenvalue weighted by Gasteiger charge is 2.08. The van der Waals surface area contributed by atoms with E-state index in [1.54, 1.807) is 18.2 Å². The Kier molecular flexibility index (Phi) is 3.48. The third-order valence-corrected chi connectivity index (χ3v) is 2.73. The van der Waals surface area contributed by atoms with E-state index in [1.165, 1.54) is 12.1 Å². The van der Waals surface area contributed by atoms with Crippen LogP contribution >= 0.6 is 11.6 Å². The van der Waals surface area contributed by atoms with Crippen molar-refractivity contribution in [1.82, 2.24) is 0 Å². The van der Waals surface area contributed by atoms with Crippen LogP contribution in [0.4, 0.5) is 5.69 Å². The van der Waals surface area contributed by atoms with Crippen molar-refractivity contribution in [1.29, 1.82) is 0 Å². The third kappa shape index (κ3) is 2.60. The number of ether oxygens (including phenoxy) is 1. The topological polar surface area (TPSA) is 52.4 Å². The first-order chi connectivity index (χ1) is 8.58. The highest BCUT2D eigenvalue weighted by Crippen LogP contribution is 2.32. The van der Waals surface area contributed by atoms with E-state index in [0.29, 0.717) is 16.5 Å². The molecule has 0 aromatic heterocycles. The predicted molar refractivity (Wildman–Crippen MR) is 69.4 cm³/mol. The van der Waals surface area contributed by atoms with Crippen molar-refractivity contribution in [3.63, 3.8) is 0 Å². The molecule has 2 rings (SSSR count). The maximum absolute atomic E-state index is 10.5. The number of nitro groups is 1. The zero-order chi connectivity index (χ0) is 13.1. The lowest BCUT2D eigenvalue weighted by Gasteiger charge is -2.09. The van der Waals surface area contributed by atoms with Gasteiger partial charge in [-0.25, -0.2) is 0 Å². The summed E-state index contributed by atoms with van der Waals surface area (Å²) in [6.07, 6.45) is 0. The number of benzene rings is 2. The fourth-order valence-electron chi connectivity index (χ4n) is 1.50. The number of aryl methyl sites for hydroxylation is 1. The monoisotopic (exact) mass is 263 g/mol. The molecule has 0 aliphatic carbocycles. The summed E-state index contributed by atoms with van der Waals surface area (Å²) in [5.74, 6) is 1.07. The maximum atomic E-state index is 10.5. The van der Waals surface area contributed by atoms with Crippen LogP contribution in [0.2, 0.25) is 5.02 Å². The zero-order valence-corrected chi connectivity index (χ0v) is 10.3. The van der Waals surface area contributed by atoms with Gasteiger partial charge < -0.3 is 4.74 Å². The Morgan fingerprint density at radius 1 is 1.17 bits per heavy atom. The SMILES string of the molecule is Cc1cccc(Cl)c1Oc1ccc([N+](=O)[O-])cc1. The Morgan fingerprint density at radius 3 is 2.39 bits per heavy atom. The standard InChI is InChI=1S/C13H10ClNO3/c1-9-3-2-4-12(14)13(9)18-11-7-5-10(6-8-11)15(16)17/h2-8H,1H3. The van der Waals surface area contributed by atoms with Crippen LogP contribution in [-0.4, -0.2) is 4.92 Å². The van der Waals surface area contributed by atoms with Crippen molar-refractivity contribution in [3.8, 4) is 11.5 Å². The van der Waals surface area contributed by atoms with Gasteiger partial charge in [0.25, 0.3) is 5.69 Å². The normalized spacial score (nSPS) is 10.1. The van der Waals surface area contributed by atoms with Gasteiger partial charge in [-0.2, -0.15) is 0 Å². The molecule has 0 N–H and O–H groups in total. The molecule has 2 aromatic rings. The quantitative estimate of drug-likeness (QED) is 0.611. The van der Waals surface area contributed by atoms with Gasteiger partial charge in [-0.1, -0.05) is 23.7 Å². The molecule has 5 heteroatoms. The van der Waals surface area contributed by atoms with Gasteiger partial charge in [-0.3, -0.25) is 10.1 Å². The second-order valence-electron chi connectivity index (χ2n) is 3.74. The molecule has 0 saturated carbocycles. The summed E-state index contributed by atoms with van der Waals surface area (Å²) < 4.78 is 5.62. The summed E-state index contributed by atoms with van der Waals surface area (Å²) >= 11 is 6.03. The van der Waals surface area contributed by atoms with Gasteiger partial charge in [0.15, 0.2) is 0 Å². The average Bonchev–Trinajstić information content (AvgIpc) is 2.34. The van der Waals surface area contributed by atoms with Crippen LogP contribution in [0.1, 0.15) is 5.56 Å². The molecule has 0 aliphatic rings. The van der Waals surface area contributed by atoms with Crippen LogP contribution in [0, 0.1) is 17.0 Å². The largest absolute Gasteiger partial charge is 0.456 e. The van der Waals surface area contributed by atoms with Gasteiger partial charge in [-0.15, -0.1) is 0 Å². The van der Waals surface area contributed by atoms with E-state index in [2.05, 4.69) is 0 Å². The minimum absolute atomic E-state index is 0.0261. The molecule has 0 heterocycles. The van der Waals surface area contributed by atoms with Gasteiger partial charge >= 0.3 is 0 Å². The van der Waals surface area contributed by atoms with Crippen LogP contribution in [-0.2, 0) is 0 Å². The summed E-state index contributed by atoms with van der Waals surface area (Å²) in [6, 6.07) is 11.3. The first-order valence-electron chi connectivity index (χ1n) is 5.25. The predicted octanol–water partition coefficient (Wildman–Crippen LogP) is 4.35. The minimum atomic E-state index is -0.454. The van der Waals surface area contributed by atoms with Crippen LogP contribution in [0.15, 0.2) is 42.5 Å². The maximum Gasteiger partial charge on any atom is 0.269 e. The summed E-state index contributed by atoms with van der Waals surface area (Å²) in [5.41, 5.74) is 0.930. The van der Waals surface area contributed by atoms with Gasteiger partial charge in [0.2, 0.25) is 0 Å². The number of halogens is 1. The zero-order valence-electron chi connectivity index (χ0n) is 9.59. The van der Waals surface area contributed by atoms with Crippen molar-refractivity contribution in [2.24, 2.45) is 0 Å². The lowest BCUT2D eigenvalue weighted by atomic mass is 10.2. The van der Waals surface area contributed by atoms with E-state index in [1.807, 2.05) is 19.1 Å². The first kappa shape index (κ1) is 12.4. The van der Waals surface area contributed by atoms with E-state index in [0.717, 1.165) is 5.56 Å². The number of para-hydroxylation sites is 1. The molecule has 92 valence electrons. The van der Waals surface area contributed by atoms with Gasteiger partial charge in [-0.05, 0) is 30.7 Å². The second-order valence-corrected chi connectivity index (χ2v) is 4.15. The number of hydrogen-bond donors (Lipinski definition) is 0. The molecule has 2 aromatic carbocycles. The third-order valence-electron chi connectivity index (χ3n) is 2.43. The summed E-state index contributed by atoms with van der Waals surface area (Å²) in [5, 5.41) is 11.0. The molecule has 0 amide bonds.